The van der Waals surface area contributed by atoms with Gasteiger partial charge >= 0.3 is 0 Å². The summed E-state index contributed by atoms with van der Waals surface area (Å²) in [7, 11) is 1.85. The summed E-state index contributed by atoms with van der Waals surface area (Å²) in [6.45, 7) is 2.63. The van der Waals surface area contributed by atoms with E-state index in [0.29, 0.717) is 6.54 Å². The van der Waals surface area contributed by atoms with E-state index >= 15 is 0 Å². The van der Waals surface area contributed by atoms with Crippen molar-refractivity contribution in [1.82, 2.24) is 5.32 Å². The van der Waals surface area contributed by atoms with Gasteiger partial charge in [0.25, 0.3) is 0 Å². The van der Waals surface area contributed by atoms with E-state index in [1.165, 1.54) is 4.88 Å². The van der Waals surface area contributed by atoms with Crippen molar-refractivity contribution in [3.05, 3.63) is 21.9 Å². The van der Waals surface area contributed by atoms with Gasteiger partial charge in [0.05, 0.1) is 0 Å². The number of nitrogens with one attached hydrogen (secondary N) is 1. The normalized spacial score (nSPS) is 15.4. The van der Waals surface area contributed by atoms with Gasteiger partial charge in [0.1, 0.15) is 6.10 Å². The molecular formula is C10H18N2OS. The third kappa shape index (κ3) is 2.78. The summed E-state index contributed by atoms with van der Waals surface area (Å²) in [5.74, 6) is 0. The number of hydrogen-bond donors (Lipinski definition) is 3. The van der Waals surface area contributed by atoms with Gasteiger partial charge in [-0.1, -0.05) is 0 Å². The van der Waals surface area contributed by atoms with E-state index in [-0.39, 0.29) is 6.04 Å². The summed E-state index contributed by atoms with van der Waals surface area (Å²) in [5, 5.41) is 13.1. The van der Waals surface area contributed by atoms with Crippen LogP contribution in [0.4, 0.5) is 0 Å². The van der Waals surface area contributed by atoms with Crippen molar-refractivity contribution in [2.45, 2.75) is 25.5 Å². The Hall–Kier alpha value is -0.420. The first-order valence-corrected chi connectivity index (χ1v) is 5.62. The van der Waals surface area contributed by atoms with Gasteiger partial charge in [0, 0.05) is 15.8 Å². The van der Waals surface area contributed by atoms with Crippen molar-refractivity contribution in [3.63, 3.8) is 0 Å². The van der Waals surface area contributed by atoms with Crippen molar-refractivity contribution >= 4 is 11.3 Å². The molecule has 1 aromatic heterocycles. The molecule has 0 radical (unpaired) electrons. The van der Waals surface area contributed by atoms with E-state index in [0.717, 1.165) is 11.3 Å². The lowest BCUT2D eigenvalue weighted by molar-refractivity contribution is 0.132. The van der Waals surface area contributed by atoms with E-state index in [4.69, 9.17) is 5.73 Å². The van der Waals surface area contributed by atoms with Gasteiger partial charge in [-0.3, -0.25) is 0 Å². The smallest absolute Gasteiger partial charge is 0.103 e. The highest BCUT2D eigenvalue weighted by Crippen LogP contribution is 2.25. The minimum absolute atomic E-state index is 0.0537. The Bertz CT molecular complexity index is 275. The molecule has 3 nitrogen and oxygen atoms in total. The Balaban J connectivity index is 2.66. The van der Waals surface area contributed by atoms with Gasteiger partial charge in [-0.05, 0) is 39.1 Å². The van der Waals surface area contributed by atoms with Crippen LogP contribution in [0.25, 0.3) is 0 Å². The number of rotatable bonds is 5. The summed E-state index contributed by atoms with van der Waals surface area (Å²) >= 11 is 1.63. The highest BCUT2D eigenvalue weighted by molar-refractivity contribution is 7.12. The van der Waals surface area contributed by atoms with Crippen LogP contribution in [0.2, 0.25) is 0 Å². The Kier molecular flexibility index (Phi) is 4.54. The zero-order chi connectivity index (χ0) is 10.6. The van der Waals surface area contributed by atoms with Gasteiger partial charge in [-0.25, -0.2) is 0 Å². The lowest BCUT2D eigenvalue weighted by atomic mass is 10.1. The third-order valence-corrected chi connectivity index (χ3v) is 3.35. The highest BCUT2D eigenvalue weighted by Gasteiger charge is 2.19. The molecule has 1 heterocycles. The first kappa shape index (κ1) is 11.7. The van der Waals surface area contributed by atoms with Gasteiger partial charge in [0.2, 0.25) is 0 Å². The largest absolute Gasteiger partial charge is 0.386 e. The number of hydrogen-bond acceptors (Lipinski definition) is 4. The van der Waals surface area contributed by atoms with E-state index < -0.39 is 6.10 Å². The first-order valence-electron chi connectivity index (χ1n) is 4.80. The zero-order valence-corrected chi connectivity index (χ0v) is 9.47. The molecular weight excluding hydrogens is 196 g/mol. The molecule has 0 aliphatic heterocycles. The first-order chi connectivity index (χ1) is 6.69. The number of aliphatic hydroxyl groups is 1. The topological polar surface area (TPSA) is 58.3 Å². The maximum atomic E-state index is 10.0. The van der Waals surface area contributed by atoms with Crippen LogP contribution >= 0.6 is 11.3 Å². The molecule has 2 unspecified atom stereocenters. The molecule has 0 saturated carbocycles. The van der Waals surface area contributed by atoms with Crippen LogP contribution in [0.3, 0.4) is 0 Å². The van der Waals surface area contributed by atoms with Crippen LogP contribution in [0.1, 0.15) is 22.3 Å². The number of aryl methyl sites for hydroxylation is 1. The second-order valence-electron chi connectivity index (χ2n) is 3.37. The zero-order valence-electron chi connectivity index (χ0n) is 8.66. The molecule has 0 bridgehead atoms. The Labute approximate surface area is 88.9 Å². The van der Waals surface area contributed by atoms with Crippen molar-refractivity contribution in [2.75, 3.05) is 13.6 Å². The van der Waals surface area contributed by atoms with Crippen LogP contribution in [0.15, 0.2) is 12.1 Å². The molecule has 0 spiro atoms. The number of likely N-dealkylation sites (N-methyl/N-ethyl adjacent to an activating group) is 1. The summed E-state index contributed by atoms with van der Waals surface area (Å²) < 4.78 is 0. The minimum atomic E-state index is -0.442. The Morgan fingerprint density at radius 2 is 2.29 bits per heavy atom. The fourth-order valence-electron chi connectivity index (χ4n) is 1.45. The minimum Gasteiger partial charge on any atom is -0.386 e. The van der Waals surface area contributed by atoms with Crippen molar-refractivity contribution in [1.29, 1.82) is 0 Å². The highest BCUT2D eigenvalue weighted by atomic mass is 32.1. The molecule has 80 valence electrons. The van der Waals surface area contributed by atoms with E-state index in [9.17, 15) is 5.11 Å². The molecule has 0 saturated heterocycles. The number of thiophene rings is 1. The number of aliphatic hydroxyl groups excluding tert-OH is 1. The molecule has 0 fully saturated rings. The maximum absolute atomic E-state index is 10.0. The molecule has 2 atom stereocenters. The molecule has 1 aromatic rings. The lowest BCUT2D eigenvalue weighted by Gasteiger charge is -2.20. The molecule has 0 aliphatic carbocycles. The SMILES string of the molecule is CNC(CCN)C(O)c1ccc(C)s1. The summed E-state index contributed by atoms with van der Waals surface area (Å²) in [5.41, 5.74) is 5.48. The van der Waals surface area contributed by atoms with Crippen molar-refractivity contribution in [3.8, 4) is 0 Å². The van der Waals surface area contributed by atoms with Gasteiger partial charge < -0.3 is 16.2 Å². The van der Waals surface area contributed by atoms with Gasteiger partial charge in [-0.15, -0.1) is 11.3 Å². The molecule has 0 aromatic carbocycles. The molecule has 4 N–H and O–H groups in total. The van der Waals surface area contributed by atoms with E-state index in [1.54, 1.807) is 11.3 Å². The van der Waals surface area contributed by atoms with Crippen molar-refractivity contribution < 1.29 is 5.11 Å². The van der Waals surface area contributed by atoms with Crippen LogP contribution in [-0.2, 0) is 0 Å². The molecule has 4 heteroatoms. The maximum Gasteiger partial charge on any atom is 0.103 e. The summed E-state index contributed by atoms with van der Waals surface area (Å²) in [6.07, 6.45) is 0.344. The summed E-state index contributed by atoms with van der Waals surface area (Å²) in [4.78, 5) is 2.23. The lowest BCUT2D eigenvalue weighted by Crippen LogP contribution is -2.33. The fourth-order valence-corrected chi connectivity index (χ4v) is 2.38. The second-order valence-corrected chi connectivity index (χ2v) is 4.69. The third-order valence-electron chi connectivity index (χ3n) is 2.28. The standard InChI is InChI=1S/C10H18N2OS/c1-7-3-4-9(14-7)10(13)8(12-2)5-6-11/h3-4,8,10,12-13H,5-6,11H2,1-2H3. The predicted molar refractivity (Wildman–Crippen MR) is 60.5 cm³/mol. The Morgan fingerprint density at radius 3 is 2.71 bits per heavy atom. The monoisotopic (exact) mass is 214 g/mol. The van der Waals surface area contributed by atoms with Crippen LogP contribution in [0, 0.1) is 6.92 Å². The molecule has 14 heavy (non-hydrogen) atoms. The average Bonchev–Trinajstić information content (AvgIpc) is 2.60. The van der Waals surface area contributed by atoms with Crippen LogP contribution < -0.4 is 11.1 Å². The summed E-state index contributed by atoms with van der Waals surface area (Å²) in [6, 6.07) is 4.06. The van der Waals surface area contributed by atoms with Gasteiger partial charge in [0.15, 0.2) is 0 Å². The van der Waals surface area contributed by atoms with Crippen LogP contribution in [-0.4, -0.2) is 24.7 Å². The quantitative estimate of drug-likeness (QED) is 0.686. The number of nitrogens with two attached hydrogens (primary N) is 1. The van der Waals surface area contributed by atoms with E-state index in [1.807, 2.05) is 26.1 Å². The van der Waals surface area contributed by atoms with E-state index in [2.05, 4.69) is 5.32 Å². The van der Waals surface area contributed by atoms with Gasteiger partial charge in [-0.2, -0.15) is 0 Å². The predicted octanol–water partition coefficient (Wildman–Crippen LogP) is 1.03. The molecule has 1 rings (SSSR count). The fraction of sp³-hybridized carbons (Fsp3) is 0.600. The molecule has 0 amide bonds. The average molecular weight is 214 g/mol. The Morgan fingerprint density at radius 1 is 1.57 bits per heavy atom. The van der Waals surface area contributed by atoms with Crippen molar-refractivity contribution in [2.24, 2.45) is 5.73 Å². The second kappa shape index (κ2) is 5.46. The van der Waals surface area contributed by atoms with Crippen LogP contribution in [0.5, 0.6) is 0 Å². The molecule has 0 aliphatic rings.